The Morgan fingerprint density at radius 2 is 2.04 bits per heavy atom. The Hall–Kier alpha value is -2.73. The number of aliphatic hydroxyl groups is 1. The minimum atomic E-state index is -1.09. The van der Waals surface area contributed by atoms with Crippen LogP contribution in [-0.2, 0) is 12.6 Å². The van der Waals surface area contributed by atoms with Crippen LogP contribution in [0.1, 0.15) is 30.0 Å². The topological polar surface area (TPSA) is 80.0 Å². The Kier molecular flexibility index (Phi) is 3.61. The zero-order valence-corrected chi connectivity index (χ0v) is 13.2. The maximum Gasteiger partial charge on any atom is 0.274 e. The highest BCUT2D eigenvalue weighted by atomic mass is 16.3. The average molecular weight is 310 g/mol. The minimum Gasteiger partial charge on any atom is -0.384 e. The van der Waals surface area contributed by atoms with Gasteiger partial charge >= 0.3 is 0 Å². The molecule has 0 unspecified atom stereocenters. The summed E-state index contributed by atoms with van der Waals surface area (Å²) in [5, 5.41) is 17.9. The minimum absolute atomic E-state index is 0.260. The number of aryl methyl sites for hydroxylation is 1. The molecule has 118 valence electrons. The van der Waals surface area contributed by atoms with Crippen molar-refractivity contribution in [3.63, 3.8) is 0 Å². The smallest absolute Gasteiger partial charge is 0.274 e. The predicted octanol–water partition coefficient (Wildman–Crippen LogP) is 2.45. The second-order valence-corrected chi connectivity index (χ2v) is 5.96. The van der Waals surface area contributed by atoms with Crippen LogP contribution in [0.15, 0.2) is 42.6 Å². The van der Waals surface area contributed by atoms with E-state index in [9.17, 15) is 9.90 Å². The van der Waals surface area contributed by atoms with E-state index in [2.05, 4.69) is 15.4 Å². The molecule has 0 saturated heterocycles. The van der Waals surface area contributed by atoms with E-state index < -0.39 is 5.60 Å². The van der Waals surface area contributed by atoms with Crippen molar-refractivity contribution < 1.29 is 9.90 Å². The molecule has 0 spiro atoms. The van der Waals surface area contributed by atoms with Crippen molar-refractivity contribution >= 4 is 22.5 Å². The van der Waals surface area contributed by atoms with E-state index in [1.54, 1.807) is 42.9 Å². The van der Waals surface area contributed by atoms with Crippen molar-refractivity contribution in [3.05, 3.63) is 54.0 Å². The molecule has 1 aromatic carbocycles. The van der Waals surface area contributed by atoms with E-state index in [1.165, 1.54) is 0 Å². The monoisotopic (exact) mass is 310 g/mol. The molecule has 0 radical (unpaired) electrons. The first-order chi connectivity index (χ1) is 10.8. The van der Waals surface area contributed by atoms with E-state index in [0.29, 0.717) is 11.4 Å². The lowest BCUT2D eigenvalue weighted by molar-refractivity contribution is 0.0735. The van der Waals surface area contributed by atoms with Gasteiger partial charge in [0, 0.05) is 18.1 Å². The van der Waals surface area contributed by atoms with Gasteiger partial charge < -0.3 is 10.4 Å². The van der Waals surface area contributed by atoms with E-state index >= 15 is 0 Å². The first-order valence-corrected chi connectivity index (χ1v) is 7.27. The Labute approximate surface area is 133 Å². The number of nitrogens with one attached hydrogen (secondary N) is 1. The maximum absolute atomic E-state index is 12.4. The van der Waals surface area contributed by atoms with Gasteiger partial charge in [0.2, 0.25) is 0 Å². The van der Waals surface area contributed by atoms with Crippen LogP contribution >= 0.6 is 0 Å². The number of nitrogens with zero attached hydrogens (tertiary/aromatic N) is 3. The van der Waals surface area contributed by atoms with Gasteiger partial charge in [-0.2, -0.15) is 5.10 Å². The number of carbonyl (C=O) groups excluding carboxylic acids is 1. The lowest BCUT2D eigenvalue weighted by Gasteiger charge is -2.17. The predicted molar refractivity (Wildman–Crippen MR) is 88.1 cm³/mol. The highest BCUT2D eigenvalue weighted by molar-refractivity contribution is 6.03. The molecule has 0 bridgehead atoms. The number of carbonyl (C=O) groups is 1. The van der Waals surface area contributed by atoms with Crippen LogP contribution in [0.3, 0.4) is 0 Å². The van der Waals surface area contributed by atoms with Gasteiger partial charge in [-0.1, -0.05) is 6.07 Å². The average Bonchev–Trinajstić information content (AvgIpc) is 2.87. The Morgan fingerprint density at radius 3 is 2.78 bits per heavy atom. The normalized spacial score (nSPS) is 11.7. The van der Waals surface area contributed by atoms with Crippen LogP contribution in [0.4, 0.5) is 5.69 Å². The molecular weight excluding hydrogens is 292 g/mol. The second kappa shape index (κ2) is 5.48. The number of anilines is 1. The van der Waals surface area contributed by atoms with E-state index in [4.69, 9.17) is 0 Å². The van der Waals surface area contributed by atoms with Crippen LogP contribution in [0, 0.1) is 0 Å². The van der Waals surface area contributed by atoms with E-state index in [0.717, 1.165) is 10.9 Å². The third kappa shape index (κ3) is 3.07. The highest BCUT2D eigenvalue weighted by Crippen LogP contribution is 2.20. The molecule has 23 heavy (non-hydrogen) atoms. The fraction of sp³-hybridized carbons (Fsp3) is 0.235. The zero-order chi connectivity index (χ0) is 16.6. The van der Waals surface area contributed by atoms with Crippen molar-refractivity contribution in [2.24, 2.45) is 7.05 Å². The fourth-order valence-corrected chi connectivity index (χ4v) is 2.34. The summed E-state index contributed by atoms with van der Waals surface area (Å²) >= 11 is 0. The van der Waals surface area contributed by atoms with Crippen molar-refractivity contribution in [2.75, 3.05) is 5.32 Å². The van der Waals surface area contributed by atoms with Crippen molar-refractivity contribution in [1.82, 2.24) is 14.8 Å². The molecule has 3 rings (SSSR count). The summed E-state index contributed by atoms with van der Waals surface area (Å²) in [5.74, 6) is -0.320. The summed E-state index contributed by atoms with van der Waals surface area (Å²) < 4.78 is 1.77. The first-order valence-electron chi connectivity index (χ1n) is 7.27. The van der Waals surface area contributed by atoms with E-state index in [1.807, 2.05) is 25.2 Å². The number of hydrogen-bond acceptors (Lipinski definition) is 4. The molecule has 0 aliphatic rings. The maximum atomic E-state index is 12.4. The Balaban J connectivity index is 1.85. The van der Waals surface area contributed by atoms with Crippen LogP contribution in [0.2, 0.25) is 0 Å². The summed E-state index contributed by atoms with van der Waals surface area (Å²) in [6, 6.07) is 10.6. The van der Waals surface area contributed by atoms with Crippen LogP contribution in [-0.4, -0.2) is 25.8 Å². The standard InChI is InChI=1S/C17H18N4O2/c1-17(2,23)15-6-4-5-13(20-15)16(22)19-12-7-8-14-11(9-12)10-18-21(14)3/h4-10,23H,1-3H3,(H,19,22). The van der Waals surface area contributed by atoms with Gasteiger partial charge in [-0.05, 0) is 44.2 Å². The molecule has 6 heteroatoms. The number of hydrogen-bond donors (Lipinski definition) is 2. The Morgan fingerprint density at radius 1 is 1.26 bits per heavy atom. The quantitative estimate of drug-likeness (QED) is 0.778. The molecule has 3 aromatic rings. The SMILES string of the molecule is Cn1ncc2cc(NC(=O)c3cccc(C(C)(C)O)n3)ccc21. The molecule has 0 aliphatic carbocycles. The zero-order valence-electron chi connectivity index (χ0n) is 13.2. The van der Waals surface area contributed by atoms with Gasteiger partial charge in [0.05, 0.1) is 17.4 Å². The molecule has 6 nitrogen and oxygen atoms in total. The van der Waals surface area contributed by atoms with Gasteiger partial charge in [0.1, 0.15) is 11.3 Å². The third-order valence-corrected chi connectivity index (χ3v) is 3.61. The van der Waals surface area contributed by atoms with Crippen LogP contribution in [0.25, 0.3) is 10.9 Å². The second-order valence-electron chi connectivity index (χ2n) is 5.96. The number of pyridine rings is 1. The molecule has 2 aromatic heterocycles. The van der Waals surface area contributed by atoms with Gasteiger partial charge in [0.15, 0.2) is 0 Å². The summed E-state index contributed by atoms with van der Waals surface area (Å²) in [5.41, 5.74) is 1.28. The number of fused-ring (bicyclic) bond motifs is 1. The molecule has 0 fully saturated rings. The molecular formula is C17H18N4O2. The fourth-order valence-electron chi connectivity index (χ4n) is 2.34. The summed E-state index contributed by atoms with van der Waals surface area (Å²) in [6.45, 7) is 3.26. The van der Waals surface area contributed by atoms with Gasteiger partial charge in [-0.3, -0.25) is 9.48 Å². The molecule has 2 heterocycles. The summed E-state index contributed by atoms with van der Waals surface area (Å²) in [4.78, 5) is 16.6. The van der Waals surface area contributed by atoms with Crippen LogP contribution in [0.5, 0.6) is 0 Å². The largest absolute Gasteiger partial charge is 0.384 e. The van der Waals surface area contributed by atoms with Crippen molar-refractivity contribution in [1.29, 1.82) is 0 Å². The lowest BCUT2D eigenvalue weighted by Crippen LogP contribution is -2.21. The number of benzene rings is 1. The number of aromatic nitrogens is 3. The molecule has 2 N–H and O–H groups in total. The molecule has 0 saturated carbocycles. The van der Waals surface area contributed by atoms with Gasteiger partial charge in [-0.25, -0.2) is 4.98 Å². The van der Waals surface area contributed by atoms with Crippen LogP contribution < -0.4 is 5.32 Å². The first kappa shape index (κ1) is 15.2. The lowest BCUT2D eigenvalue weighted by atomic mass is 10.0. The number of rotatable bonds is 3. The molecule has 0 atom stereocenters. The van der Waals surface area contributed by atoms with Crippen molar-refractivity contribution in [3.8, 4) is 0 Å². The summed E-state index contributed by atoms with van der Waals surface area (Å²) in [6.07, 6.45) is 1.75. The van der Waals surface area contributed by atoms with E-state index in [-0.39, 0.29) is 11.6 Å². The summed E-state index contributed by atoms with van der Waals surface area (Å²) in [7, 11) is 1.87. The van der Waals surface area contributed by atoms with Gasteiger partial charge in [-0.15, -0.1) is 0 Å². The highest BCUT2D eigenvalue weighted by Gasteiger charge is 2.19. The number of amides is 1. The third-order valence-electron chi connectivity index (χ3n) is 3.61. The molecule has 1 amide bonds. The van der Waals surface area contributed by atoms with Crippen molar-refractivity contribution in [2.45, 2.75) is 19.4 Å². The molecule has 0 aliphatic heterocycles. The Bertz CT molecular complexity index is 878. The van der Waals surface area contributed by atoms with Gasteiger partial charge in [0.25, 0.3) is 5.91 Å².